The largest absolute Gasteiger partial charge is 0.391 e. The molecule has 0 radical (unpaired) electrons. The lowest BCUT2D eigenvalue weighted by atomic mass is 10.1. The third-order valence-electron chi connectivity index (χ3n) is 4.33. The van der Waals surface area contributed by atoms with Crippen LogP contribution in [-0.2, 0) is 22.6 Å². The second-order valence-electron chi connectivity index (χ2n) is 6.59. The average Bonchev–Trinajstić information content (AvgIpc) is 3.18. The third-order valence-corrected chi connectivity index (χ3v) is 4.33. The van der Waals surface area contributed by atoms with Gasteiger partial charge in [0.05, 0.1) is 18.2 Å². The number of carbonyl (C=O) groups excluding carboxylic acids is 2. The molecular weight excluding hydrogens is 336 g/mol. The quantitative estimate of drug-likeness (QED) is 0.806. The van der Waals surface area contributed by atoms with Crippen molar-refractivity contribution in [3.05, 3.63) is 47.1 Å². The summed E-state index contributed by atoms with van der Waals surface area (Å²) in [5.41, 5.74) is 2.49. The van der Waals surface area contributed by atoms with E-state index in [9.17, 15) is 14.7 Å². The molecule has 0 aromatic carbocycles. The number of hydrogen-bond acceptors (Lipinski definition) is 6. The zero-order chi connectivity index (χ0) is 18.7. The van der Waals surface area contributed by atoms with E-state index in [2.05, 4.69) is 15.5 Å². The number of hydrogen-bond donors (Lipinski definition) is 2. The molecule has 138 valence electrons. The van der Waals surface area contributed by atoms with Crippen LogP contribution in [0.5, 0.6) is 0 Å². The first-order valence-corrected chi connectivity index (χ1v) is 8.51. The molecule has 1 aliphatic heterocycles. The van der Waals surface area contributed by atoms with Gasteiger partial charge < -0.3 is 19.8 Å². The van der Waals surface area contributed by atoms with Crippen LogP contribution in [0.2, 0.25) is 0 Å². The number of aliphatic hydroxyl groups excluding tert-OH is 1. The van der Waals surface area contributed by atoms with Crippen LogP contribution >= 0.6 is 0 Å². The van der Waals surface area contributed by atoms with Gasteiger partial charge >= 0.3 is 0 Å². The molecule has 2 atom stereocenters. The summed E-state index contributed by atoms with van der Waals surface area (Å²) in [7, 11) is 0. The lowest BCUT2D eigenvalue weighted by Gasteiger charge is -2.23. The predicted octanol–water partition coefficient (Wildman–Crippen LogP) is 0.507. The molecule has 8 heteroatoms. The Bertz CT molecular complexity index is 804. The summed E-state index contributed by atoms with van der Waals surface area (Å²) in [6.07, 6.45) is 1.21. The van der Waals surface area contributed by atoms with Gasteiger partial charge in [-0.2, -0.15) is 0 Å². The Kier molecular flexibility index (Phi) is 5.32. The Morgan fingerprint density at radius 2 is 2.15 bits per heavy atom. The summed E-state index contributed by atoms with van der Waals surface area (Å²) in [4.78, 5) is 30.6. The molecule has 1 saturated heterocycles. The number of nitrogens with zero attached hydrogens (tertiary/aromatic N) is 3. The number of β-amino-alcohol motifs (C(OH)–C–C–N with tert-alkyl or cyclic N) is 1. The molecule has 3 rings (SSSR count). The maximum absolute atomic E-state index is 12.6. The van der Waals surface area contributed by atoms with Crippen LogP contribution in [0.15, 0.2) is 28.9 Å². The minimum Gasteiger partial charge on any atom is -0.391 e. The van der Waals surface area contributed by atoms with Crippen molar-refractivity contribution in [1.29, 1.82) is 0 Å². The van der Waals surface area contributed by atoms with Gasteiger partial charge in [0.15, 0.2) is 0 Å². The zero-order valence-corrected chi connectivity index (χ0v) is 14.8. The molecule has 1 fully saturated rings. The van der Waals surface area contributed by atoms with E-state index in [1.807, 2.05) is 19.1 Å². The lowest BCUT2D eigenvalue weighted by Crippen LogP contribution is -2.46. The van der Waals surface area contributed by atoms with Crippen molar-refractivity contribution < 1.29 is 19.2 Å². The highest BCUT2D eigenvalue weighted by atomic mass is 16.5. The van der Waals surface area contributed by atoms with Gasteiger partial charge in [0.2, 0.25) is 11.8 Å². The van der Waals surface area contributed by atoms with Crippen LogP contribution in [0.4, 0.5) is 0 Å². The number of likely N-dealkylation sites (tertiary alicyclic amines) is 1. The molecule has 2 amide bonds. The fourth-order valence-electron chi connectivity index (χ4n) is 3.11. The Labute approximate surface area is 151 Å². The van der Waals surface area contributed by atoms with Crippen molar-refractivity contribution in [2.75, 3.05) is 6.54 Å². The minimum atomic E-state index is -0.714. The molecule has 2 N–H and O–H groups in total. The first kappa shape index (κ1) is 18.1. The van der Waals surface area contributed by atoms with E-state index in [1.54, 1.807) is 19.2 Å². The summed E-state index contributed by atoms with van der Waals surface area (Å²) in [6, 6.07) is 4.71. The third kappa shape index (κ3) is 4.26. The van der Waals surface area contributed by atoms with Crippen molar-refractivity contribution in [1.82, 2.24) is 20.4 Å². The van der Waals surface area contributed by atoms with Crippen molar-refractivity contribution in [3.63, 3.8) is 0 Å². The molecule has 2 unspecified atom stereocenters. The summed E-state index contributed by atoms with van der Waals surface area (Å²) in [5, 5.41) is 16.5. The first-order valence-electron chi connectivity index (χ1n) is 8.51. The van der Waals surface area contributed by atoms with Gasteiger partial charge in [-0.05, 0) is 31.5 Å². The fraction of sp³-hybridized carbons (Fsp3) is 0.444. The lowest BCUT2D eigenvalue weighted by molar-refractivity contribution is -0.138. The second-order valence-corrected chi connectivity index (χ2v) is 6.59. The van der Waals surface area contributed by atoms with Crippen LogP contribution in [0, 0.1) is 13.8 Å². The molecular formula is C18H22N4O4. The molecule has 26 heavy (non-hydrogen) atoms. The summed E-state index contributed by atoms with van der Waals surface area (Å²) < 4.78 is 5.07. The fourth-order valence-corrected chi connectivity index (χ4v) is 3.11. The van der Waals surface area contributed by atoms with Crippen LogP contribution in [-0.4, -0.2) is 50.7 Å². The predicted molar refractivity (Wildman–Crippen MR) is 91.9 cm³/mol. The van der Waals surface area contributed by atoms with Crippen LogP contribution in [0.1, 0.15) is 29.1 Å². The van der Waals surface area contributed by atoms with Crippen molar-refractivity contribution >= 4 is 11.8 Å². The zero-order valence-electron chi connectivity index (χ0n) is 14.8. The van der Waals surface area contributed by atoms with Crippen LogP contribution in [0.3, 0.4) is 0 Å². The van der Waals surface area contributed by atoms with E-state index in [0.717, 1.165) is 11.3 Å². The molecule has 2 aromatic heterocycles. The van der Waals surface area contributed by atoms with Gasteiger partial charge in [-0.25, -0.2) is 0 Å². The van der Waals surface area contributed by atoms with E-state index < -0.39 is 12.1 Å². The van der Waals surface area contributed by atoms with E-state index in [4.69, 9.17) is 4.52 Å². The molecule has 8 nitrogen and oxygen atoms in total. The number of pyridine rings is 1. The van der Waals surface area contributed by atoms with Crippen LogP contribution in [0.25, 0.3) is 0 Å². The van der Waals surface area contributed by atoms with E-state index in [0.29, 0.717) is 18.0 Å². The number of aromatic nitrogens is 2. The number of carbonyl (C=O) groups is 2. The van der Waals surface area contributed by atoms with Gasteiger partial charge in [-0.15, -0.1) is 0 Å². The SMILES string of the molecule is Cc1cc(CNC(=O)C2CC(O)CN2C(=O)Cc2cc(C)no2)ccn1. The van der Waals surface area contributed by atoms with E-state index in [1.165, 1.54) is 4.90 Å². The minimum absolute atomic E-state index is 0.0148. The highest BCUT2D eigenvalue weighted by Crippen LogP contribution is 2.20. The van der Waals surface area contributed by atoms with Gasteiger partial charge in [0.1, 0.15) is 11.8 Å². The normalized spacial score (nSPS) is 19.6. The summed E-state index contributed by atoms with van der Waals surface area (Å²) in [5.74, 6) is -0.101. The second kappa shape index (κ2) is 7.65. The smallest absolute Gasteiger partial charge is 0.243 e. The molecule has 0 aliphatic carbocycles. The molecule has 0 bridgehead atoms. The number of amides is 2. The van der Waals surface area contributed by atoms with E-state index in [-0.39, 0.29) is 31.2 Å². The topological polar surface area (TPSA) is 109 Å². The van der Waals surface area contributed by atoms with Crippen molar-refractivity contribution in [2.24, 2.45) is 0 Å². The molecule has 1 aliphatic rings. The van der Waals surface area contributed by atoms with E-state index >= 15 is 0 Å². The first-order chi connectivity index (χ1) is 12.4. The summed E-state index contributed by atoms with van der Waals surface area (Å²) in [6.45, 7) is 4.13. The monoisotopic (exact) mass is 358 g/mol. The van der Waals surface area contributed by atoms with Crippen molar-refractivity contribution in [2.45, 2.75) is 45.4 Å². The standard InChI is InChI=1S/C18H22N4O4/c1-11-5-13(3-4-19-11)9-20-18(25)16-7-14(23)10-22(16)17(24)8-15-6-12(2)21-26-15/h3-6,14,16,23H,7-10H2,1-2H3,(H,20,25). The average molecular weight is 358 g/mol. The van der Waals surface area contributed by atoms with Crippen LogP contribution < -0.4 is 5.32 Å². The molecule has 0 spiro atoms. The molecule has 0 saturated carbocycles. The van der Waals surface area contributed by atoms with Gasteiger partial charge in [0, 0.05) is 37.5 Å². The molecule has 3 heterocycles. The van der Waals surface area contributed by atoms with Crippen molar-refractivity contribution in [3.8, 4) is 0 Å². The van der Waals surface area contributed by atoms with Gasteiger partial charge in [0.25, 0.3) is 0 Å². The van der Waals surface area contributed by atoms with Gasteiger partial charge in [-0.1, -0.05) is 5.16 Å². The highest BCUT2D eigenvalue weighted by Gasteiger charge is 2.38. The number of aryl methyl sites for hydroxylation is 2. The Morgan fingerprint density at radius 3 is 2.85 bits per heavy atom. The van der Waals surface area contributed by atoms with Gasteiger partial charge in [-0.3, -0.25) is 14.6 Å². The maximum atomic E-state index is 12.6. The Balaban J connectivity index is 1.62. The maximum Gasteiger partial charge on any atom is 0.243 e. The Hall–Kier alpha value is -2.74. The number of rotatable bonds is 5. The molecule has 2 aromatic rings. The Morgan fingerprint density at radius 1 is 1.35 bits per heavy atom. The number of aliphatic hydroxyl groups is 1. The number of nitrogens with one attached hydrogen (secondary N) is 1. The highest BCUT2D eigenvalue weighted by molar-refractivity contribution is 5.89. The summed E-state index contributed by atoms with van der Waals surface area (Å²) >= 11 is 0.